The molecular formula is C31H52P2. The van der Waals surface area contributed by atoms with Crippen molar-refractivity contribution in [3.63, 3.8) is 0 Å². The lowest BCUT2D eigenvalue weighted by Gasteiger charge is -2.41. The van der Waals surface area contributed by atoms with Crippen molar-refractivity contribution in [2.24, 2.45) is 17.8 Å². The summed E-state index contributed by atoms with van der Waals surface area (Å²) in [6.07, 6.45) is 37.2. The predicted molar refractivity (Wildman–Crippen MR) is 152 cm³/mol. The summed E-state index contributed by atoms with van der Waals surface area (Å²) in [6, 6.07) is 0. The van der Waals surface area contributed by atoms with E-state index in [1.807, 2.05) is 11.1 Å². The van der Waals surface area contributed by atoms with E-state index < -0.39 is 0 Å². The maximum absolute atomic E-state index is 3.47. The van der Waals surface area contributed by atoms with Crippen molar-refractivity contribution >= 4 is 17.2 Å². The van der Waals surface area contributed by atoms with E-state index in [4.69, 9.17) is 0 Å². The highest BCUT2D eigenvalue weighted by molar-refractivity contribution is 7.59. The summed E-state index contributed by atoms with van der Waals surface area (Å²) in [7, 11) is 3.67. The van der Waals surface area contributed by atoms with E-state index in [-0.39, 0.29) is 7.92 Å². The van der Waals surface area contributed by atoms with Gasteiger partial charge in [-0.1, -0.05) is 103 Å². The average Bonchev–Trinajstić information content (AvgIpc) is 3.35. The summed E-state index contributed by atoms with van der Waals surface area (Å²) in [5, 5.41) is 0. The molecule has 3 unspecified atom stereocenters. The Kier molecular flexibility index (Phi) is 9.50. The molecule has 3 atom stereocenters. The molecular weight excluding hydrogens is 434 g/mol. The highest BCUT2D eigenvalue weighted by Gasteiger charge is 2.38. The highest BCUT2D eigenvalue weighted by Crippen LogP contribution is 2.58. The molecule has 0 heterocycles. The molecule has 0 N–H and O–H groups in total. The molecule has 0 amide bonds. The minimum absolute atomic E-state index is 0.205. The topological polar surface area (TPSA) is 0 Å². The fourth-order valence-corrected chi connectivity index (χ4v) is 13.5. The van der Waals surface area contributed by atoms with Gasteiger partial charge >= 0.3 is 0 Å². The molecule has 5 aliphatic carbocycles. The second-order valence-corrected chi connectivity index (χ2v) is 16.1. The summed E-state index contributed by atoms with van der Waals surface area (Å²) < 4.78 is 0. The zero-order valence-electron chi connectivity index (χ0n) is 21.5. The quantitative estimate of drug-likeness (QED) is 0.314. The molecule has 0 bridgehead atoms. The lowest BCUT2D eigenvalue weighted by molar-refractivity contribution is 0.366. The molecule has 0 nitrogen and oxygen atoms in total. The van der Waals surface area contributed by atoms with Crippen LogP contribution in [0.5, 0.6) is 0 Å². The smallest absolute Gasteiger partial charge is 0.00549 e. The third kappa shape index (κ3) is 6.19. The Morgan fingerprint density at radius 3 is 1.61 bits per heavy atom. The lowest BCUT2D eigenvalue weighted by Crippen LogP contribution is -2.29. The molecule has 5 rings (SSSR count). The number of allylic oxidation sites excluding steroid dienone is 4. The number of hydrogen-bond donors (Lipinski definition) is 0. The van der Waals surface area contributed by atoms with Crippen LogP contribution in [0.15, 0.2) is 23.3 Å². The standard InChI is InChI=1S/C31H52P2/c32-30(23-33(26-17-9-3-10-18-26)27-19-11-4-12-20-27)29-22-21-28(24-13-5-1-6-14-24)31(29)25-15-7-2-8-16-25/h21-22,24-27,29-30H,1-20,23,32H2. The van der Waals surface area contributed by atoms with Crippen molar-refractivity contribution in [3.05, 3.63) is 23.3 Å². The Hall–Kier alpha value is 0.340. The molecule has 5 aliphatic rings. The summed E-state index contributed by atoms with van der Waals surface area (Å²) in [5.41, 5.74) is 6.84. The van der Waals surface area contributed by atoms with Crippen LogP contribution in [0, 0.1) is 17.8 Å². The van der Waals surface area contributed by atoms with Crippen LogP contribution in [0.3, 0.4) is 0 Å². The number of hydrogen-bond acceptors (Lipinski definition) is 0. The second-order valence-electron chi connectivity index (χ2n) is 12.4. The summed E-state index contributed by atoms with van der Waals surface area (Å²) >= 11 is 0. The summed E-state index contributed by atoms with van der Waals surface area (Å²) in [4.78, 5) is 0. The van der Waals surface area contributed by atoms with E-state index in [1.165, 1.54) is 103 Å². The Morgan fingerprint density at radius 2 is 1.09 bits per heavy atom. The Morgan fingerprint density at radius 1 is 0.636 bits per heavy atom. The van der Waals surface area contributed by atoms with Crippen LogP contribution in [0.1, 0.15) is 128 Å². The molecule has 4 fully saturated rings. The molecule has 33 heavy (non-hydrogen) atoms. The fourth-order valence-electron chi connectivity index (χ4n) is 8.46. The molecule has 0 saturated heterocycles. The van der Waals surface area contributed by atoms with E-state index in [0.29, 0.717) is 0 Å². The molecule has 0 aromatic rings. The van der Waals surface area contributed by atoms with Gasteiger partial charge in [0, 0.05) is 5.92 Å². The van der Waals surface area contributed by atoms with Crippen molar-refractivity contribution in [3.8, 4) is 0 Å². The monoisotopic (exact) mass is 486 g/mol. The van der Waals surface area contributed by atoms with Crippen molar-refractivity contribution in [1.82, 2.24) is 0 Å². The van der Waals surface area contributed by atoms with Crippen molar-refractivity contribution < 1.29 is 0 Å². The van der Waals surface area contributed by atoms with Gasteiger partial charge in [-0.2, -0.15) is 0 Å². The Labute approximate surface area is 209 Å². The largest absolute Gasteiger partial charge is 0.133 e. The first-order chi connectivity index (χ1) is 16.3. The molecule has 4 saturated carbocycles. The van der Waals surface area contributed by atoms with Gasteiger partial charge in [0.1, 0.15) is 0 Å². The molecule has 186 valence electrons. The average molecular weight is 487 g/mol. The van der Waals surface area contributed by atoms with Gasteiger partial charge in [0.05, 0.1) is 0 Å². The Balaban J connectivity index is 1.35. The van der Waals surface area contributed by atoms with Gasteiger partial charge < -0.3 is 0 Å². The van der Waals surface area contributed by atoms with Gasteiger partial charge in [-0.05, 0) is 91.9 Å². The van der Waals surface area contributed by atoms with Crippen LogP contribution in [0.25, 0.3) is 0 Å². The fraction of sp³-hybridized carbons (Fsp3) is 0.871. The normalized spacial score (nSPS) is 30.4. The SMILES string of the molecule is PC(CP(C1CCCCC1)C1CCCCC1)C1C=CC(C2CCCCC2)=C1C1CCCCC1. The molecule has 0 aromatic carbocycles. The van der Waals surface area contributed by atoms with Gasteiger partial charge in [0.2, 0.25) is 0 Å². The molecule has 2 heteroatoms. The summed E-state index contributed by atoms with van der Waals surface area (Å²) in [6.45, 7) is 0. The van der Waals surface area contributed by atoms with Gasteiger partial charge in [0.15, 0.2) is 0 Å². The van der Waals surface area contributed by atoms with E-state index in [0.717, 1.165) is 34.7 Å². The summed E-state index contributed by atoms with van der Waals surface area (Å²) in [5.74, 6) is 2.56. The van der Waals surface area contributed by atoms with E-state index in [1.54, 1.807) is 31.8 Å². The van der Waals surface area contributed by atoms with Gasteiger partial charge in [-0.25, -0.2) is 0 Å². The van der Waals surface area contributed by atoms with Crippen molar-refractivity contribution in [2.45, 2.75) is 145 Å². The van der Waals surface area contributed by atoms with E-state index in [2.05, 4.69) is 21.4 Å². The van der Waals surface area contributed by atoms with Crippen LogP contribution in [-0.4, -0.2) is 23.1 Å². The van der Waals surface area contributed by atoms with Crippen molar-refractivity contribution in [2.75, 3.05) is 6.16 Å². The zero-order valence-corrected chi connectivity index (χ0v) is 23.5. The third-order valence-electron chi connectivity index (χ3n) is 10.2. The maximum atomic E-state index is 3.47. The first kappa shape index (κ1) is 25.0. The van der Waals surface area contributed by atoms with Gasteiger partial charge in [-0.3, -0.25) is 0 Å². The first-order valence-electron chi connectivity index (χ1n) is 15.2. The highest BCUT2D eigenvalue weighted by atomic mass is 31.1. The third-order valence-corrected chi connectivity index (χ3v) is 15.0. The predicted octanol–water partition coefficient (Wildman–Crippen LogP) is 10.0. The van der Waals surface area contributed by atoms with Gasteiger partial charge in [-0.15, -0.1) is 9.24 Å². The molecule has 0 spiro atoms. The minimum atomic E-state index is 0.205. The van der Waals surface area contributed by atoms with Crippen LogP contribution < -0.4 is 0 Å². The molecule has 0 aromatic heterocycles. The molecule has 0 radical (unpaired) electrons. The lowest BCUT2D eigenvalue weighted by atomic mass is 9.74. The van der Waals surface area contributed by atoms with Crippen LogP contribution >= 0.6 is 17.2 Å². The van der Waals surface area contributed by atoms with Gasteiger partial charge in [0.25, 0.3) is 0 Å². The molecule has 0 aliphatic heterocycles. The first-order valence-corrected chi connectivity index (χ1v) is 17.6. The number of rotatable bonds is 7. The van der Waals surface area contributed by atoms with Crippen LogP contribution in [0.4, 0.5) is 0 Å². The maximum Gasteiger partial charge on any atom is 0.00549 e. The Bertz CT molecular complexity index is 636. The van der Waals surface area contributed by atoms with E-state index in [9.17, 15) is 0 Å². The van der Waals surface area contributed by atoms with Crippen LogP contribution in [-0.2, 0) is 0 Å². The second kappa shape index (κ2) is 12.5. The zero-order chi connectivity index (χ0) is 22.5. The van der Waals surface area contributed by atoms with Crippen LogP contribution in [0.2, 0.25) is 0 Å². The van der Waals surface area contributed by atoms with Crippen molar-refractivity contribution in [1.29, 1.82) is 0 Å². The van der Waals surface area contributed by atoms with E-state index >= 15 is 0 Å². The minimum Gasteiger partial charge on any atom is -0.133 e.